The van der Waals surface area contributed by atoms with Gasteiger partial charge in [-0.1, -0.05) is 66.7 Å². The van der Waals surface area contributed by atoms with E-state index < -0.39 is 18.1 Å². The molecule has 0 aromatic heterocycles. The summed E-state index contributed by atoms with van der Waals surface area (Å²) in [4.78, 5) is 23.8. The Morgan fingerprint density at radius 1 is 0.917 bits per heavy atom. The lowest BCUT2D eigenvalue weighted by Crippen LogP contribution is -2.40. The number of ether oxygens (including phenoxy) is 2. The highest BCUT2D eigenvalue weighted by atomic mass is 16.6. The van der Waals surface area contributed by atoms with Crippen LogP contribution < -0.4 is 5.32 Å². The second-order valence-electron chi connectivity index (χ2n) is 5.01. The third kappa shape index (κ3) is 5.61. The van der Waals surface area contributed by atoms with Crippen molar-refractivity contribution in [1.29, 1.82) is 0 Å². The van der Waals surface area contributed by atoms with Crippen LogP contribution in [0.1, 0.15) is 11.1 Å². The molecule has 0 fully saturated rings. The molecular formula is C19H19NO4. The number of carbonyl (C=O) groups is 2. The van der Waals surface area contributed by atoms with Crippen LogP contribution in [0, 0.1) is 0 Å². The van der Waals surface area contributed by atoms with Gasteiger partial charge in [0, 0.05) is 0 Å². The van der Waals surface area contributed by atoms with E-state index in [2.05, 4.69) is 11.9 Å². The Morgan fingerprint density at radius 2 is 1.42 bits per heavy atom. The Hall–Kier alpha value is -3.08. The third-order valence-corrected chi connectivity index (χ3v) is 3.20. The van der Waals surface area contributed by atoms with Crippen LogP contribution >= 0.6 is 0 Å². The molecule has 2 rings (SSSR count). The minimum absolute atomic E-state index is 0.121. The molecule has 0 unspecified atom stereocenters. The first-order valence-electron chi connectivity index (χ1n) is 7.49. The number of benzene rings is 2. The predicted octanol–water partition coefficient (Wildman–Crippen LogP) is 3.21. The first-order valence-corrected chi connectivity index (χ1v) is 7.49. The van der Waals surface area contributed by atoms with E-state index in [1.807, 2.05) is 60.7 Å². The fourth-order valence-corrected chi connectivity index (χ4v) is 1.92. The molecule has 24 heavy (non-hydrogen) atoms. The van der Waals surface area contributed by atoms with Crippen molar-refractivity contribution in [3.63, 3.8) is 0 Å². The summed E-state index contributed by atoms with van der Waals surface area (Å²) in [7, 11) is 0. The molecule has 0 spiro atoms. The van der Waals surface area contributed by atoms with Gasteiger partial charge < -0.3 is 14.8 Å². The van der Waals surface area contributed by atoms with Crippen LogP contribution in [0.25, 0.3) is 0 Å². The first kappa shape index (κ1) is 17.3. The summed E-state index contributed by atoms with van der Waals surface area (Å²) in [6, 6.07) is 17.6. The molecule has 5 heteroatoms. The average Bonchev–Trinajstić information content (AvgIpc) is 2.64. The Kier molecular flexibility index (Phi) is 6.58. The van der Waals surface area contributed by atoms with Crippen molar-refractivity contribution in [2.75, 3.05) is 0 Å². The van der Waals surface area contributed by atoms with Gasteiger partial charge in [-0.2, -0.15) is 0 Å². The smallest absolute Gasteiger partial charge is 0.408 e. The molecule has 1 atom stereocenters. The molecular weight excluding hydrogens is 306 g/mol. The van der Waals surface area contributed by atoms with E-state index in [4.69, 9.17) is 9.47 Å². The van der Waals surface area contributed by atoms with Gasteiger partial charge in [0.2, 0.25) is 0 Å². The van der Waals surface area contributed by atoms with Crippen LogP contribution in [0.5, 0.6) is 0 Å². The molecule has 0 radical (unpaired) electrons. The van der Waals surface area contributed by atoms with Crippen LogP contribution in [0.4, 0.5) is 4.79 Å². The highest BCUT2D eigenvalue weighted by Crippen LogP contribution is 2.04. The van der Waals surface area contributed by atoms with E-state index in [0.29, 0.717) is 0 Å². The fraction of sp³-hybridized carbons (Fsp3) is 0.158. The normalized spacial score (nSPS) is 11.2. The molecule has 1 amide bonds. The second kappa shape index (κ2) is 9.15. The van der Waals surface area contributed by atoms with E-state index in [1.165, 1.54) is 6.08 Å². The van der Waals surface area contributed by atoms with E-state index in [9.17, 15) is 9.59 Å². The van der Waals surface area contributed by atoms with Crippen LogP contribution in [0.3, 0.4) is 0 Å². The van der Waals surface area contributed by atoms with Gasteiger partial charge in [-0.25, -0.2) is 9.59 Å². The summed E-state index contributed by atoms with van der Waals surface area (Å²) in [6.45, 7) is 3.79. The molecule has 5 nitrogen and oxygen atoms in total. The number of carbonyl (C=O) groups excluding carboxylic acids is 2. The molecule has 1 N–H and O–H groups in total. The highest BCUT2D eigenvalue weighted by molar-refractivity contribution is 5.83. The summed E-state index contributed by atoms with van der Waals surface area (Å²) >= 11 is 0. The van der Waals surface area contributed by atoms with Crippen molar-refractivity contribution in [1.82, 2.24) is 5.32 Å². The summed E-state index contributed by atoms with van der Waals surface area (Å²) in [5.74, 6) is -0.592. The average molecular weight is 325 g/mol. The van der Waals surface area contributed by atoms with Crippen molar-refractivity contribution in [3.8, 4) is 0 Å². The Bertz CT molecular complexity index is 670. The van der Waals surface area contributed by atoms with Crippen molar-refractivity contribution in [3.05, 3.63) is 84.4 Å². The monoisotopic (exact) mass is 325 g/mol. The zero-order valence-corrected chi connectivity index (χ0v) is 13.2. The van der Waals surface area contributed by atoms with Crippen molar-refractivity contribution in [2.45, 2.75) is 19.3 Å². The van der Waals surface area contributed by atoms with Crippen LogP contribution in [-0.4, -0.2) is 18.1 Å². The third-order valence-electron chi connectivity index (χ3n) is 3.20. The van der Waals surface area contributed by atoms with Gasteiger partial charge in [-0.3, -0.25) is 0 Å². The van der Waals surface area contributed by atoms with E-state index in [-0.39, 0.29) is 13.2 Å². The molecule has 2 aromatic rings. The molecule has 0 bridgehead atoms. The molecule has 0 aliphatic carbocycles. The van der Waals surface area contributed by atoms with Gasteiger partial charge in [0.25, 0.3) is 0 Å². The van der Waals surface area contributed by atoms with E-state index >= 15 is 0 Å². The lowest BCUT2D eigenvalue weighted by atomic mass is 10.2. The van der Waals surface area contributed by atoms with Crippen molar-refractivity contribution in [2.24, 2.45) is 0 Å². The summed E-state index contributed by atoms with van der Waals surface area (Å²) in [6.07, 6.45) is 0.595. The Balaban J connectivity index is 1.78. The number of rotatable bonds is 7. The topological polar surface area (TPSA) is 64.6 Å². The van der Waals surface area contributed by atoms with Crippen LogP contribution in [0.15, 0.2) is 73.3 Å². The van der Waals surface area contributed by atoms with Crippen LogP contribution in [-0.2, 0) is 27.5 Å². The molecule has 2 aromatic carbocycles. The fourth-order valence-electron chi connectivity index (χ4n) is 1.92. The number of hydrogen-bond donors (Lipinski definition) is 1. The molecule has 0 saturated heterocycles. The Morgan fingerprint density at radius 3 is 1.92 bits per heavy atom. The maximum atomic E-state index is 12.0. The van der Waals surface area contributed by atoms with Gasteiger partial charge in [0.1, 0.15) is 19.3 Å². The van der Waals surface area contributed by atoms with Gasteiger partial charge in [0.15, 0.2) is 0 Å². The second-order valence-corrected chi connectivity index (χ2v) is 5.01. The van der Waals surface area contributed by atoms with Crippen LogP contribution in [0.2, 0.25) is 0 Å². The quantitative estimate of drug-likeness (QED) is 0.627. The highest BCUT2D eigenvalue weighted by Gasteiger charge is 2.19. The zero-order chi connectivity index (χ0) is 17.2. The number of nitrogens with one attached hydrogen (secondary N) is 1. The number of alkyl carbamates (subject to hydrolysis) is 1. The molecule has 0 saturated carbocycles. The van der Waals surface area contributed by atoms with Crippen molar-refractivity contribution < 1.29 is 19.1 Å². The summed E-state index contributed by atoms with van der Waals surface area (Å²) in [5.41, 5.74) is 1.72. The summed E-state index contributed by atoms with van der Waals surface area (Å²) < 4.78 is 10.2. The molecule has 124 valence electrons. The maximum absolute atomic E-state index is 12.0. The largest absolute Gasteiger partial charge is 0.459 e. The lowest BCUT2D eigenvalue weighted by molar-refractivity contribution is -0.146. The minimum Gasteiger partial charge on any atom is -0.459 e. The van der Waals surface area contributed by atoms with Gasteiger partial charge in [0.05, 0.1) is 0 Å². The SMILES string of the molecule is C=C[C@H](NC(=O)OCc1ccccc1)C(=O)OCc1ccccc1. The summed E-state index contributed by atoms with van der Waals surface area (Å²) in [5, 5.41) is 2.42. The predicted molar refractivity (Wildman–Crippen MR) is 90.0 cm³/mol. The molecule has 0 aliphatic rings. The Labute approximate surface area is 140 Å². The number of amides is 1. The minimum atomic E-state index is -0.961. The maximum Gasteiger partial charge on any atom is 0.408 e. The lowest BCUT2D eigenvalue weighted by Gasteiger charge is -2.14. The van der Waals surface area contributed by atoms with Gasteiger partial charge in [-0.15, -0.1) is 6.58 Å². The first-order chi connectivity index (χ1) is 11.7. The van der Waals surface area contributed by atoms with Gasteiger partial charge >= 0.3 is 12.1 Å². The molecule has 0 heterocycles. The van der Waals surface area contributed by atoms with E-state index in [0.717, 1.165) is 11.1 Å². The number of esters is 1. The number of hydrogen-bond acceptors (Lipinski definition) is 4. The molecule has 0 aliphatic heterocycles. The van der Waals surface area contributed by atoms with Gasteiger partial charge in [-0.05, 0) is 11.1 Å². The standard InChI is InChI=1S/C19H19NO4/c1-2-17(18(21)23-13-15-9-5-3-6-10-15)20-19(22)24-14-16-11-7-4-8-12-16/h2-12,17H,1,13-14H2,(H,20,22)/t17-/m0/s1. The van der Waals surface area contributed by atoms with E-state index in [1.54, 1.807) is 0 Å². The zero-order valence-electron chi connectivity index (χ0n) is 13.2. The van der Waals surface area contributed by atoms with Crippen molar-refractivity contribution >= 4 is 12.1 Å².